The maximum Gasteiger partial charge on any atom is 0.254 e. The van der Waals surface area contributed by atoms with Gasteiger partial charge in [0.1, 0.15) is 0 Å². The summed E-state index contributed by atoms with van der Waals surface area (Å²) in [5.74, 6) is 0.380. The zero-order valence-electron chi connectivity index (χ0n) is 13.8. The van der Waals surface area contributed by atoms with Crippen LogP contribution in [-0.2, 0) is 13.0 Å². The minimum atomic E-state index is -0.0302. The Balaban J connectivity index is 2.18. The van der Waals surface area contributed by atoms with Gasteiger partial charge in [-0.3, -0.25) is 9.48 Å². The number of aromatic nitrogens is 2. The molecule has 0 saturated heterocycles. The van der Waals surface area contributed by atoms with Gasteiger partial charge in [0.15, 0.2) is 0 Å². The Morgan fingerprint density at radius 3 is 2.50 bits per heavy atom. The monoisotopic (exact) mass is 299 g/mol. The summed E-state index contributed by atoms with van der Waals surface area (Å²) in [6, 6.07) is 10.3. The van der Waals surface area contributed by atoms with Crippen LogP contribution < -0.4 is 5.32 Å². The molecule has 0 spiro atoms. The van der Waals surface area contributed by atoms with E-state index in [1.54, 1.807) is 6.20 Å². The Bertz CT molecular complexity index is 617. The van der Waals surface area contributed by atoms with Gasteiger partial charge in [0.25, 0.3) is 5.91 Å². The van der Waals surface area contributed by atoms with E-state index in [1.807, 2.05) is 29.8 Å². The van der Waals surface area contributed by atoms with Gasteiger partial charge in [-0.05, 0) is 24.8 Å². The van der Waals surface area contributed by atoms with Gasteiger partial charge in [-0.15, -0.1) is 0 Å². The predicted octanol–water partition coefficient (Wildman–Crippen LogP) is 3.27. The van der Waals surface area contributed by atoms with Crippen molar-refractivity contribution in [3.63, 3.8) is 0 Å². The highest BCUT2D eigenvalue weighted by molar-refractivity contribution is 5.95. The molecule has 1 amide bonds. The lowest BCUT2D eigenvalue weighted by atomic mass is 10.1. The predicted molar refractivity (Wildman–Crippen MR) is 88.9 cm³/mol. The molecule has 0 fully saturated rings. The van der Waals surface area contributed by atoms with E-state index in [2.05, 4.69) is 43.3 Å². The molecule has 0 radical (unpaired) electrons. The molecular weight excluding hydrogens is 274 g/mol. The molecule has 0 aliphatic heterocycles. The highest BCUT2D eigenvalue weighted by Crippen LogP contribution is 2.13. The van der Waals surface area contributed by atoms with Crippen molar-refractivity contribution in [3.8, 4) is 0 Å². The molecular formula is C18H25N3O. The summed E-state index contributed by atoms with van der Waals surface area (Å²) in [7, 11) is 0. The number of nitrogens with zero attached hydrogens (tertiary/aromatic N) is 2. The van der Waals surface area contributed by atoms with Gasteiger partial charge < -0.3 is 5.32 Å². The van der Waals surface area contributed by atoms with E-state index in [4.69, 9.17) is 0 Å². The van der Waals surface area contributed by atoms with E-state index >= 15 is 0 Å². The van der Waals surface area contributed by atoms with Gasteiger partial charge in [-0.1, -0.05) is 51.1 Å². The number of hydrogen-bond donors (Lipinski definition) is 1. The lowest BCUT2D eigenvalue weighted by Gasteiger charge is -2.17. The summed E-state index contributed by atoms with van der Waals surface area (Å²) < 4.78 is 1.92. The number of amides is 1. The van der Waals surface area contributed by atoms with Crippen molar-refractivity contribution in [2.45, 2.75) is 46.7 Å². The Morgan fingerprint density at radius 1 is 1.23 bits per heavy atom. The minimum Gasteiger partial charge on any atom is -0.349 e. The van der Waals surface area contributed by atoms with Gasteiger partial charge in [0.2, 0.25) is 0 Å². The van der Waals surface area contributed by atoms with Crippen molar-refractivity contribution in [3.05, 3.63) is 53.3 Å². The zero-order chi connectivity index (χ0) is 16.1. The van der Waals surface area contributed by atoms with Gasteiger partial charge in [0.05, 0.1) is 24.0 Å². The third-order valence-electron chi connectivity index (χ3n) is 4.06. The normalized spacial score (nSPS) is 12.4. The van der Waals surface area contributed by atoms with Gasteiger partial charge in [-0.25, -0.2) is 0 Å². The Hall–Kier alpha value is -2.10. The maximum atomic E-state index is 12.4. The van der Waals surface area contributed by atoms with E-state index in [1.165, 1.54) is 5.56 Å². The molecule has 1 atom stereocenters. The third kappa shape index (κ3) is 3.75. The summed E-state index contributed by atoms with van der Waals surface area (Å²) in [5.41, 5.74) is 2.85. The zero-order valence-corrected chi connectivity index (χ0v) is 13.8. The molecule has 2 rings (SSSR count). The maximum absolute atomic E-state index is 12.4. The van der Waals surface area contributed by atoms with Crippen molar-refractivity contribution < 1.29 is 4.79 Å². The molecule has 22 heavy (non-hydrogen) atoms. The van der Waals surface area contributed by atoms with Crippen LogP contribution in [0.15, 0.2) is 36.5 Å². The third-order valence-corrected chi connectivity index (χ3v) is 4.06. The van der Waals surface area contributed by atoms with Crippen LogP contribution in [-0.4, -0.2) is 21.7 Å². The topological polar surface area (TPSA) is 46.9 Å². The fourth-order valence-corrected chi connectivity index (χ4v) is 2.32. The van der Waals surface area contributed by atoms with Crippen LogP contribution in [0.1, 0.15) is 49.3 Å². The molecule has 1 aromatic carbocycles. The Kier molecular flexibility index (Phi) is 5.36. The highest BCUT2D eigenvalue weighted by atomic mass is 16.1. The molecule has 1 aromatic heterocycles. The van der Waals surface area contributed by atoms with Gasteiger partial charge >= 0.3 is 0 Å². The van der Waals surface area contributed by atoms with Crippen LogP contribution in [0.5, 0.6) is 0 Å². The van der Waals surface area contributed by atoms with Crippen molar-refractivity contribution in [2.75, 3.05) is 0 Å². The standard InChI is InChI=1S/C18H25N3O/c1-5-17-16(18(22)20-14(4)13(2)3)11-19-21(17)12-15-9-7-6-8-10-15/h6-11,13-14H,5,12H2,1-4H3,(H,20,22). The Morgan fingerprint density at radius 2 is 1.91 bits per heavy atom. The average molecular weight is 299 g/mol. The molecule has 0 aliphatic rings. The van der Waals surface area contributed by atoms with Crippen LogP contribution >= 0.6 is 0 Å². The molecule has 0 bridgehead atoms. The first-order valence-corrected chi connectivity index (χ1v) is 7.92. The number of nitrogens with one attached hydrogen (secondary N) is 1. The second-order valence-electron chi connectivity index (χ2n) is 6.01. The molecule has 1 N–H and O–H groups in total. The van der Waals surface area contributed by atoms with Crippen LogP contribution in [0.25, 0.3) is 0 Å². The summed E-state index contributed by atoms with van der Waals surface area (Å²) >= 11 is 0. The number of carbonyl (C=O) groups excluding carboxylic acids is 1. The SMILES string of the molecule is CCc1c(C(=O)NC(C)C(C)C)cnn1Cc1ccccc1. The van der Waals surface area contributed by atoms with Crippen LogP contribution in [0, 0.1) is 5.92 Å². The van der Waals surface area contributed by atoms with Crippen molar-refractivity contribution in [1.82, 2.24) is 15.1 Å². The van der Waals surface area contributed by atoms with Crippen LogP contribution in [0.4, 0.5) is 0 Å². The van der Waals surface area contributed by atoms with E-state index in [0.717, 1.165) is 12.1 Å². The van der Waals surface area contributed by atoms with Gasteiger partial charge in [-0.2, -0.15) is 5.10 Å². The van der Waals surface area contributed by atoms with E-state index in [-0.39, 0.29) is 11.9 Å². The number of hydrogen-bond acceptors (Lipinski definition) is 2. The fourth-order valence-electron chi connectivity index (χ4n) is 2.32. The summed E-state index contributed by atoms with van der Waals surface area (Å²) in [6.45, 7) is 8.98. The number of benzene rings is 1. The largest absolute Gasteiger partial charge is 0.349 e. The Labute approximate surface area is 132 Å². The molecule has 0 aliphatic carbocycles. The molecule has 1 unspecified atom stereocenters. The van der Waals surface area contributed by atoms with Crippen molar-refractivity contribution >= 4 is 5.91 Å². The van der Waals surface area contributed by atoms with Gasteiger partial charge in [0, 0.05) is 6.04 Å². The second kappa shape index (κ2) is 7.25. The lowest BCUT2D eigenvalue weighted by Crippen LogP contribution is -2.36. The molecule has 2 aromatic rings. The molecule has 0 saturated carbocycles. The molecule has 118 valence electrons. The molecule has 1 heterocycles. The molecule has 4 nitrogen and oxygen atoms in total. The highest BCUT2D eigenvalue weighted by Gasteiger charge is 2.19. The fraction of sp³-hybridized carbons (Fsp3) is 0.444. The minimum absolute atomic E-state index is 0.0302. The average Bonchev–Trinajstić information content (AvgIpc) is 2.90. The van der Waals surface area contributed by atoms with Crippen molar-refractivity contribution in [2.24, 2.45) is 5.92 Å². The smallest absolute Gasteiger partial charge is 0.254 e. The van der Waals surface area contributed by atoms with E-state index in [9.17, 15) is 4.79 Å². The summed E-state index contributed by atoms with van der Waals surface area (Å²) in [5, 5.41) is 7.47. The summed E-state index contributed by atoms with van der Waals surface area (Å²) in [6.07, 6.45) is 2.47. The molecule has 4 heteroatoms. The number of rotatable bonds is 6. The van der Waals surface area contributed by atoms with Crippen molar-refractivity contribution in [1.29, 1.82) is 0 Å². The van der Waals surface area contributed by atoms with E-state index < -0.39 is 0 Å². The first-order chi connectivity index (χ1) is 10.5. The van der Waals surface area contributed by atoms with E-state index in [0.29, 0.717) is 18.0 Å². The lowest BCUT2D eigenvalue weighted by molar-refractivity contribution is 0.0929. The number of carbonyl (C=O) groups is 1. The first kappa shape index (κ1) is 16.3. The summed E-state index contributed by atoms with van der Waals surface area (Å²) in [4.78, 5) is 12.4. The van der Waals surface area contributed by atoms with Crippen LogP contribution in [0.3, 0.4) is 0 Å². The van der Waals surface area contributed by atoms with Crippen LogP contribution in [0.2, 0.25) is 0 Å². The first-order valence-electron chi connectivity index (χ1n) is 7.92. The second-order valence-corrected chi connectivity index (χ2v) is 6.01. The quantitative estimate of drug-likeness (QED) is 0.890.